The van der Waals surface area contributed by atoms with Crippen molar-refractivity contribution in [3.63, 3.8) is 0 Å². The van der Waals surface area contributed by atoms with Crippen LogP contribution in [-0.2, 0) is 0 Å². The first-order chi connectivity index (χ1) is 14.6. The van der Waals surface area contributed by atoms with Crippen LogP contribution < -0.4 is 0 Å². The van der Waals surface area contributed by atoms with Crippen molar-refractivity contribution in [3.8, 4) is 11.8 Å². The zero-order valence-corrected chi connectivity index (χ0v) is 19.0. The van der Waals surface area contributed by atoms with Crippen LogP contribution in [0.5, 0.6) is 0 Å². The zero-order valence-electron chi connectivity index (χ0n) is 18.2. The Balaban J connectivity index is 1.58. The van der Waals surface area contributed by atoms with Crippen LogP contribution >= 0.6 is 11.6 Å². The predicted molar refractivity (Wildman–Crippen MR) is 123 cm³/mol. The van der Waals surface area contributed by atoms with Gasteiger partial charge >= 0.3 is 0 Å². The Labute approximate surface area is 186 Å². The van der Waals surface area contributed by atoms with Crippen LogP contribution in [0.1, 0.15) is 101 Å². The van der Waals surface area contributed by atoms with Gasteiger partial charge in [-0.2, -0.15) is 0 Å². The second kappa shape index (κ2) is 11.9. The van der Waals surface area contributed by atoms with E-state index in [4.69, 9.17) is 11.6 Å². The molecular formula is C27H35ClF2. The van der Waals surface area contributed by atoms with E-state index >= 15 is 0 Å². The molecule has 2 aliphatic rings. The fraction of sp³-hybridized carbons (Fsp3) is 0.630. The lowest BCUT2D eigenvalue weighted by Gasteiger charge is -2.29. The van der Waals surface area contributed by atoms with Crippen LogP contribution in [0.2, 0.25) is 0 Å². The second-order valence-electron chi connectivity index (χ2n) is 9.27. The van der Waals surface area contributed by atoms with Gasteiger partial charge in [0.2, 0.25) is 0 Å². The molecule has 3 heteroatoms. The average Bonchev–Trinajstić information content (AvgIpc) is 2.75. The first kappa shape index (κ1) is 23.3. The minimum atomic E-state index is -0.499. The van der Waals surface area contributed by atoms with E-state index < -0.39 is 11.6 Å². The van der Waals surface area contributed by atoms with E-state index in [2.05, 4.69) is 18.8 Å². The van der Waals surface area contributed by atoms with Crippen LogP contribution in [0.3, 0.4) is 0 Å². The molecule has 30 heavy (non-hydrogen) atoms. The maximum atomic E-state index is 14.7. The molecule has 0 bridgehead atoms. The van der Waals surface area contributed by atoms with Crippen LogP contribution in [0.25, 0.3) is 0 Å². The number of allylic oxidation sites excluding steroid dienone is 1. The van der Waals surface area contributed by atoms with E-state index in [0.29, 0.717) is 5.92 Å². The number of unbranched alkanes of at least 4 members (excludes halogenated alkanes) is 2. The summed E-state index contributed by atoms with van der Waals surface area (Å²) in [4.78, 5) is 0. The Bertz CT molecular complexity index is 734. The summed E-state index contributed by atoms with van der Waals surface area (Å²) in [6.45, 7) is 2.24. The van der Waals surface area contributed by atoms with E-state index in [9.17, 15) is 8.78 Å². The molecule has 0 aliphatic heterocycles. The molecule has 0 N–H and O–H groups in total. The average molecular weight is 433 g/mol. The SMILES string of the molecule is CCCCC[C@H]1CC[C@H](c2cc(F)c(C#C[C@H]3CC[C@H](C=CCl)CC3)c(F)c2)CC1. The Hall–Kier alpha value is -1.33. The molecule has 0 atom stereocenters. The topological polar surface area (TPSA) is 0 Å². The highest BCUT2D eigenvalue weighted by molar-refractivity contribution is 6.25. The van der Waals surface area contributed by atoms with Gasteiger partial charge in [-0.25, -0.2) is 8.78 Å². The fourth-order valence-corrected chi connectivity index (χ4v) is 5.35. The van der Waals surface area contributed by atoms with Crippen molar-refractivity contribution < 1.29 is 8.78 Å². The molecule has 0 aromatic heterocycles. The van der Waals surface area contributed by atoms with E-state index in [0.717, 1.165) is 50.0 Å². The lowest BCUT2D eigenvalue weighted by molar-refractivity contribution is 0.302. The van der Waals surface area contributed by atoms with Gasteiger partial charge in [-0.3, -0.25) is 0 Å². The van der Waals surface area contributed by atoms with Gasteiger partial charge in [-0.15, -0.1) is 0 Å². The molecule has 0 spiro atoms. The molecule has 2 aliphatic carbocycles. The third-order valence-electron chi connectivity index (χ3n) is 7.12. The zero-order chi connectivity index (χ0) is 21.3. The summed E-state index contributed by atoms with van der Waals surface area (Å²) >= 11 is 5.66. The van der Waals surface area contributed by atoms with E-state index in [1.807, 2.05) is 6.08 Å². The quantitative estimate of drug-likeness (QED) is 0.311. The Morgan fingerprint density at radius 2 is 1.63 bits per heavy atom. The Morgan fingerprint density at radius 3 is 2.23 bits per heavy atom. The normalized spacial score (nSPS) is 27.1. The third-order valence-corrected chi connectivity index (χ3v) is 7.26. The van der Waals surface area contributed by atoms with E-state index in [1.165, 1.54) is 50.7 Å². The Kier molecular flexibility index (Phi) is 9.26. The highest BCUT2D eigenvalue weighted by Gasteiger charge is 2.24. The highest BCUT2D eigenvalue weighted by Crippen LogP contribution is 2.38. The summed E-state index contributed by atoms with van der Waals surface area (Å²) in [7, 11) is 0. The van der Waals surface area contributed by atoms with Crippen molar-refractivity contribution in [2.45, 2.75) is 89.9 Å². The van der Waals surface area contributed by atoms with Gasteiger partial charge in [-0.1, -0.05) is 62.1 Å². The van der Waals surface area contributed by atoms with Gasteiger partial charge in [0.15, 0.2) is 0 Å². The molecular weight excluding hydrogens is 398 g/mol. The molecule has 3 rings (SSSR count). The van der Waals surface area contributed by atoms with Crippen LogP contribution in [0.4, 0.5) is 8.78 Å². The lowest BCUT2D eigenvalue weighted by atomic mass is 9.77. The molecule has 0 unspecified atom stereocenters. The molecule has 1 aromatic carbocycles. The minimum Gasteiger partial charge on any atom is -0.206 e. The van der Waals surface area contributed by atoms with Crippen molar-refractivity contribution in [1.82, 2.24) is 0 Å². The van der Waals surface area contributed by atoms with Crippen molar-refractivity contribution in [1.29, 1.82) is 0 Å². The summed E-state index contributed by atoms with van der Waals surface area (Å²) < 4.78 is 29.4. The molecule has 0 saturated heterocycles. The third kappa shape index (κ3) is 6.58. The maximum Gasteiger partial charge on any atom is 0.142 e. The largest absolute Gasteiger partial charge is 0.206 e. The van der Waals surface area contributed by atoms with Crippen LogP contribution in [0, 0.1) is 41.2 Å². The summed E-state index contributed by atoms with van der Waals surface area (Å²) in [5.41, 5.74) is 2.34. The number of hydrogen-bond donors (Lipinski definition) is 0. The van der Waals surface area contributed by atoms with Gasteiger partial charge in [-0.05, 0) is 86.8 Å². The van der Waals surface area contributed by atoms with Gasteiger partial charge in [0, 0.05) is 11.5 Å². The summed E-state index contributed by atoms with van der Waals surface area (Å²) in [6.07, 6.45) is 15.7. The molecule has 164 valence electrons. The maximum absolute atomic E-state index is 14.7. The molecule has 0 radical (unpaired) electrons. The fourth-order valence-electron chi connectivity index (χ4n) is 5.15. The summed E-state index contributed by atoms with van der Waals surface area (Å²) in [5, 5.41) is 0. The Morgan fingerprint density at radius 1 is 0.967 bits per heavy atom. The minimum absolute atomic E-state index is 0.0604. The smallest absolute Gasteiger partial charge is 0.142 e. The van der Waals surface area contributed by atoms with Crippen molar-refractivity contribution in [3.05, 3.63) is 46.5 Å². The molecule has 0 nitrogen and oxygen atoms in total. The monoisotopic (exact) mass is 432 g/mol. The lowest BCUT2D eigenvalue weighted by Crippen LogP contribution is -2.14. The summed E-state index contributed by atoms with van der Waals surface area (Å²) in [6, 6.07) is 3.08. The molecule has 0 amide bonds. The van der Waals surface area contributed by atoms with Crippen molar-refractivity contribution in [2.75, 3.05) is 0 Å². The number of hydrogen-bond acceptors (Lipinski definition) is 0. The van der Waals surface area contributed by atoms with Crippen molar-refractivity contribution in [2.24, 2.45) is 17.8 Å². The highest BCUT2D eigenvalue weighted by atomic mass is 35.5. The second-order valence-corrected chi connectivity index (χ2v) is 9.52. The molecule has 0 heterocycles. The van der Waals surface area contributed by atoms with Crippen LogP contribution in [-0.4, -0.2) is 0 Å². The van der Waals surface area contributed by atoms with Crippen molar-refractivity contribution >= 4 is 11.6 Å². The number of rotatable bonds is 6. The van der Waals surface area contributed by atoms with E-state index in [-0.39, 0.29) is 17.4 Å². The van der Waals surface area contributed by atoms with Gasteiger partial charge in [0.25, 0.3) is 0 Å². The molecule has 1 aromatic rings. The van der Waals surface area contributed by atoms with Gasteiger partial charge < -0.3 is 0 Å². The molecule has 2 fully saturated rings. The molecule has 2 saturated carbocycles. The van der Waals surface area contributed by atoms with Gasteiger partial charge in [0.05, 0.1) is 5.56 Å². The number of benzene rings is 1. The van der Waals surface area contributed by atoms with Gasteiger partial charge in [0.1, 0.15) is 11.6 Å². The predicted octanol–water partition coefficient (Wildman–Crippen LogP) is 8.73. The standard InChI is InChI=1S/C27H35ClF2/c1-2-3-4-5-20-10-13-23(14-11-20)24-18-26(29)25(27(30)19-24)15-12-21-6-8-22(9-7-21)16-17-28/h16-23H,2-11,13-14H2,1H3/t20-,21-,22-,23-. The summed E-state index contributed by atoms with van der Waals surface area (Å²) in [5.74, 6) is 6.75. The first-order valence-corrected chi connectivity index (χ1v) is 12.3. The van der Waals surface area contributed by atoms with Crippen LogP contribution in [0.15, 0.2) is 23.7 Å². The van der Waals surface area contributed by atoms with E-state index in [1.54, 1.807) is 5.54 Å². The first-order valence-electron chi connectivity index (χ1n) is 11.9. The number of halogens is 3.